The molecule has 4 aromatic rings. The number of fused-ring (bicyclic) bond motifs is 2. The summed E-state index contributed by atoms with van der Waals surface area (Å²) in [6.45, 7) is 0. The molecule has 9 heteroatoms. The lowest BCUT2D eigenvalue weighted by molar-refractivity contribution is 0.382. The lowest BCUT2D eigenvalue weighted by Gasteiger charge is -2.22. The number of H-pyrrole nitrogens is 1. The van der Waals surface area contributed by atoms with Gasteiger partial charge in [0.1, 0.15) is 11.5 Å². The Labute approximate surface area is 214 Å². The Balaban J connectivity index is 1.36. The van der Waals surface area contributed by atoms with Crippen molar-refractivity contribution in [2.24, 2.45) is 5.92 Å². The normalized spacial score (nSPS) is 17.1. The van der Waals surface area contributed by atoms with E-state index in [1.54, 1.807) is 36.4 Å². The number of sulfonamides is 1. The van der Waals surface area contributed by atoms with Gasteiger partial charge in [0.2, 0.25) is 5.16 Å². The van der Waals surface area contributed by atoms with E-state index in [0.717, 1.165) is 49.7 Å². The molecule has 0 bridgehead atoms. The molecule has 192 valence electrons. The third-order valence-electron chi connectivity index (χ3n) is 7.42. The molecule has 0 aliphatic heterocycles. The number of aromatic hydroxyl groups is 1. The molecule has 3 N–H and O–H groups in total. The Bertz CT molecular complexity index is 1600. The van der Waals surface area contributed by atoms with Gasteiger partial charge in [-0.25, -0.2) is 9.78 Å². The highest BCUT2D eigenvalue weighted by Gasteiger charge is 2.38. The molecule has 0 spiro atoms. The van der Waals surface area contributed by atoms with E-state index in [9.17, 15) is 18.3 Å². The predicted octanol–water partition coefficient (Wildman–Crippen LogP) is 5.22. The van der Waals surface area contributed by atoms with E-state index in [0.29, 0.717) is 40.9 Å². The first-order valence-electron chi connectivity index (χ1n) is 12.9. The van der Waals surface area contributed by atoms with Gasteiger partial charge in [-0.1, -0.05) is 37.1 Å². The predicted molar refractivity (Wildman–Crippen MR) is 140 cm³/mol. The van der Waals surface area contributed by atoms with Crippen LogP contribution in [-0.4, -0.2) is 23.5 Å². The number of anilines is 1. The largest absolute Gasteiger partial charge is 0.507 e. The van der Waals surface area contributed by atoms with Gasteiger partial charge >= 0.3 is 5.63 Å². The van der Waals surface area contributed by atoms with Crippen molar-refractivity contribution >= 4 is 26.7 Å². The molecule has 0 amide bonds. The smallest absolute Gasteiger partial charge is 0.343 e. The van der Waals surface area contributed by atoms with Crippen molar-refractivity contribution in [1.29, 1.82) is 0 Å². The molecule has 2 aliphatic rings. The molecular formula is C28H29N3O5S. The Morgan fingerprint density at radius 3 is 2.59 bits per heavy atom. The minimum atomic E-state index is -3.97. The number of nitrogens with zero attached hydrogens (tertiary/aromatic N) is 1. The molecule has 6 rings (SSSR count). The maximum absolute atomic E-state index is 13.2. The summed E-state index contributed by atoms with van der Waals surface area (Å²) in [4.78, 5) is 20.3. The quantitative estimate of drug-likeness (QED) is 0.321. The van der Waals surface area contributed by atoms with Crippen LogP contribution in [0.2, 0.25) is 0 Å². The summed E-state index contributed by atoms with van der Waals surface area (Å²) in [7, 11) is -3.97. The second-order valence-corrected chi connectivity index (χ2v) is 11.7. The van der Waals surface area contributed by atoms with Gasteiger partial charge in [0.05, 0.1) is 16.6 Å². The van der Waals surface area contributed by atoms with Crippen molar-refractivity contribution in [2.45, 2.75) is 62.4 Å². The fraction of sp³-hybridized carbons (Fsp3) is 0.357. The van der Waals surface area contributed by atoms with Crippen molar-refractivity contribution in [3.63, 3.8) is 0 Å². The van der Waals surface area contributed by atoms with Gasteiger partial charge in [0.15, 0.2) is 0 Å². The number of imidazole rings is 1. The second-order valence-electron chi connectivity index (χ2n) is 10.1. The Morgan fingerprint density at radius 2 is 1.81 bits per heavy atom. The maximum atomic E-state index is 13.2. The van der Waals surface area contributed by atoms with Crippen LogP contribution >= 0.6 is 0 Å². The standard InChI is InChI=1S/C28H29N3O5S/c32-26-20-10-3-1-2-4-13-23(20)36-27(33)25(26)24(17-14-15-17)18-8-7-9-19(16-18)31-37(34,35)28-29-21-11-5-6-12-22(21)30-28/h5-9,11-12,16-17,24,31-32H,1-4,10,13-15H2,(H,29,30). The Morgan fingerprint density at radius 1 is 1.03 bits per heavy atom. The summed E-state index contributed by atoms with van der Waals surface area (Å²) in [6.07, 6.45) is 7.26. The van der Waals surface area contributed by atoms with Crippen molar-refractivity contribution in [1.82, 2.24) is 9.97 Å². The van der Waals surface area contributed by atoms with E-state index in [4.69, 9.17) is 4.42 Å². The van der Waals surface area contributed by atoms with Crippen molar-refractivity contribution in [3.05, 3.63) is 81.4 Å². The highest BCUT2D eigenvalue weighted by molar-refractivity contribution is 7.92. The minimum Gasteiger partial charge on any atom is -0.507 e. The van der Waals surface area contributed by atoms with E-state index >= 15 is 0 Å². The molecule has 0 saturated heterocycles. The average molecular weight is 520 g/mol. The number of hydrogen-bond donors (Lipinski definition) is 3. The molecule has 37 heavy (non-hydrogen) atoms. The van der Waals surface area contributed by atoms with Crippen LogP contribution in [0.15, 0.2) is 62.9 Å². The molecule has 2 aromatic heterocycles. The minimum absolute atomic E-state index is 0.0540. The Hall–Kier alpha value is -3.59. The average Bonchev–Trinajstić information content (AvgIpc) is 3.59. The molecule has 1 atom stereocenters. The highest BCUT2D eigenvalue weighted by Crippen LogP contribution is 2.49. The number of aromatic amines is 1. The van der Waals surface area contributed by atoms with Gasteiger partial charge in [0.25, 0.3) is 10.0 Å². The van der Waals surface area contributed by atoms with E-state index in [2.05, 4.69) is 14.7 Å². The zero-order chi connectivity index (χ0) is 25.6. The van der Waals surface area contributed by atoms with E-state index in [1.807, 2.05) is 12.1 Å². The van der Waals surface area contributed by atoms with Crippen LogP contribution < -0.4 is 10.3 Å². The third-order valence-corrected chi connectivity index (χ3v) is 8.63. The molecule has 2 aromatic carbocycles. The van der Waals surface area contributed by atoms with E-state index in [1.165, 1.54) is 0 Å². The monoisotopic (exact) mass is 519 g/mol. The number of para-hydroxylation sites is 2. The number of aryl methyl sites for hydroxylation is 1. The number of aromatic nitrogens is 2. The van der Waals surface area contributed by atoms with Crippen molar-refractivity contribution in [3.8, 4) is 5.75 Å². The van der Waals surface area contributed by atoms with Crippen LogP contribution in [-0.2, 0) is 22.9 Å². The third kappa shape index (κ3) is 4.64. The topological polar surface area (TPSA) is 125 Å². The second kappa shape index (κ2) is 9.37. The van der Waals surface area contributed by atoms with Gasteiger partial charge in [-0.15, -0.1) is 0 Å². The van der Waals surface area contributed by atoms with Gasteiger partial charge in [0, 0.05) is 23.6 Å². The number of hydrogen-bond acceptors (Lipinski definition) is 6. The summed E-state index contributed by atoms with van der Waals surface area (Å²) in [5.74, 6) is 0.469. The lowest BCUT2D eigenvalue weighted by Crippen LogP contribution is -2.19. The zero-order valence-corrected chi connectivity index (χ0v) is 21.2. The first kappa shape index (κ1) is 23.8. The van der Waals surface area contributed by atoms with Gasteiger partial charge < -0.3 is 14.5 Å². The highest BCUT2D eigenvalue weighted by atomic mass is 32.2. The molecular weight excluding hydrogens is 490 g/mol. The van der Waals surface area contributed by atoms with Crippen LogP contribution in [0.5, 0.6) is 5.75 Å². The number of benzene rings is 2. The molecule has 2 aliphatic carbocycles. The molecule has 1 saturated carbocycles. The van der Waals surface area contributed by atoms with Crippen LogP contribution in [0.4, 0.5) is 5.69 Å². The molecule has 8 nitrogen and oxygen atoms in total. The van der Waals surface area contributed by atoms with Crippen molar-refractivity contribution in [2.75, 3.05) is 4.72 Å². The summed E-state index contributed by atoms with van der Waals surface area (Å²) in [5.41, 5.74) is 2.86. The van der Waals surface area contributed by atoms with E-state index < -0.39 is 15.6 Å². The first-order chi connectivity index (χ1) is 17.9. The molecule has 1 fully saturated rings. The SMILES string of the molecule is O=c1oc2c(c(O)c1C(c1cccc(NS(=O)(=O)c3nc4ccccc4[nH]3)c1)C1CC1)CCCCCC2. The van der Waals surface area contributed by atoms with Crippen molar-refractivity contribution < 1.29 is 17.9 Å². The maximum Gasteiger partial charge on any atom is 0.343 e. The number of rotatable bonds is 6. The van der Waals surface area contributed by atoms with Crippen LogP contribution in [0.3, 0.4) is 0 Å². The van der Waals surface area contributed by atoms with Gasteiger partial charge in [-0.3, -0.25) is 4.72 Å². The first-order valence-corrected chi connectivity index (χ1v) is 14.3. The summed E-state index contributed by atoms with van der Waals surface area (Å²) < 4.78 is 34.6. The van der Waals surface area contributed by atoms with Crippen LogP contribution in [0, 0.1) is 5.92 Å². The molecule has 2 heterocycles. The summed E-state index contributed by atoms with van der Waals surface area (Å²) in [6, 6.07) is 14.1. The van der Waals surface area contributed by atoms with E-state index in [-0.39, 0.29) is 22.7 Å². The zero-order valence-electron chi connectivity index (χ0n) is 20.4. The lowest BCUT2D eigenvalue weighted by atomic mass is 9.85. The number of nitrogens with one attached hydrogen (secondary N) is 2. The molecule has 1 unspecified atom stereocenters. The van der Waals surface area contributed by atoms with Crippen LogP contribution in [0.25, 0.3) is 11.0 Å². The fourth-order valence-corrected chi connectivity index (χ4v) is 6.45. The fourth-order valence-electron chi connectivity index (χ4n) is 5.45. The molecule has 0 radical (unpaired) electrons. The summed E-state index contributed by atoms with van der Waals surface area (Å²) in [5, 5.41) is 11.2. The van der Waals surface area contributed by atoms with Gasteiger partial charge in [-0.2, -0.15) is 8.42 Å². The summed E-state index contributed by atoms with van der Waals surface area (Å²) >= 11 is 0. The van der Waals surface area contributed by atoms with Gasteiger partial charge in [-0.05, 0) is 67.9 Å². The van der Waals surface area contributed by atoms with Crippen LogP contribution in [0.1, 0.15) is 66.9 Å². The Kier molecular flexibility index (Phi) is 6.03.